The van der Waals surface area contributed by atoms with E-state index in [-0.39, 0.29) is 0 Å². The third-order valence-corrected chi connectivity index (χ3v) is 5.94. The van der Waals surface area contributed by atoms with Gasteiger partial charge in [-0.2, -0.15) is 0 Å². The van der Waals surface area contributed by atoms with Crippen LogP contribution in [-0.2, 0) is 0 Å². The third-order valence-electron chi connectivity index (χ3n) is 5.94. The van der Waals surface area contributed by atoms with Crippen molar-refractivity contribution in [2.75, 3.05) is 0 Å². The molecule has 0 bridgehead atoms. The van der Waals surface area contributed by atoms with Crippen molar-refractivity contribution in [3.8, 4) is 0 Å². The van der Waals surface area contributed by atoms with Crippen LogP contribution < -0.4 is 0 Å². The molecule has 4 atom stereocenters. The number of hydrogen-bond donors (Lipinski definition) is 0. The monoisotopic (exact) mass is 226 g/mol. The molecule has 0 aromatic rings. The van der Waals surface area contributed by atoms with Crippen LogP contribution in [-0.4, -0.2) is 15.7 Å². The predicted octanol–water partition coefficient (Wildman–Crippen LogP) is 3.70. The van der Waals surface area contributed by atoms with Crippen LogP contribution in [0.3, 0.4) is 0 Å². The zero-order chi connectivity index (χ0) is 12.0. The molecule has 3 rings (SSSR count). The first-order valence-electron chi connectivity index (χ1n) is 7.67. The highest BCUT2D eigenvalue weighted by Crippen LogP contribution is 2.62. The molecule has 0 N–H and O–H groups in total. The zero-order valence-corrected chi connectivity index (χ0v) is 11.2. The van der Waals surface area contributed by atoms with E-state index in [2.05, 4.69) is 6.92 Å². The Morgan fingerprint density at radius 1 is 0.706 bits per heavy atom. The predicted molar refractivity (Wildman–Crippen MR) is 74.3 cm³/mol. The van der Waals surface area contributed by atoms with Gasteiger partial charge in [-0.15, -0.1) is 0 Å². The number of rotatable bonds is 1. The fourth-order valence-corrected chi connectivity index (χ4v) is 5.57. The van der Waals surface area contributed by atoms with Crippen molar-refractivity contribution in [1.82, 2.24) is 0 Å². The molecule has 17 heavy (non-hydrogen) atoms. The minimum absolute atomic E-state index is 0.447. The molecule has 3 aliphatic carbocycles. The zero-order valence-electron chi connectivity index (χ0n) is 11.2. The van der Waals surface area contributed by atoms with Crippen LogP contribution in [0.15, 0.2) is 0 Å². The van der Waals surface area contributed by atoms with E-state index in [4.69, 9.17) is 15.7 Å². The maximum absolute atomic E-state index is 6.33. The van der Waals surface area contributed by atoms with Crippen molar-refractivity contribution >= 4 is 15.7 Å². The molecule has 0 aromatic carbocycles. The molecular formula is C15H24B2. The van der Waals surface area contributed by atoms with E-state index < -0.39 is 5.21 Å². The normalized spacial score (nSPS) is 46.3. The molecular weight excluding hydrogens is 202 g/mol. The van der Waals surface area contributed by atoms with Gasteiger partial charge in [0, 0.05) is 0 Å². The first kappa shape index (κ1) is 12.2. The molecule has 0 aromatic heterocycles. The average molecular weight is 226 g/mol. The Kier molecular flexibility index (Phi) is 3.12. The van der Waals surface area contributed by atoms with Gasteiger partial charge in [0.15, 0.2) is 0 Å². The smallest absolute Gasteiger partial charge is 0.0620 e. The molecule has 0 aliphatic heterocycles. The molecule has 0 nitrogen and oxygen atoms in total. The second kappa shape index (κ2) is 4.35. The molecule has 0 heterocycles. The summed E-state index contributed by atoms with van der Waals surface area (Å²) in [6.07, 6.45) is 11.4. The van der Waals surface area contributed by atoms with Crippen LogP contribution in [0.5, 0.6) is 0 Å². The fraction of sp³-hybridized carbons (Fsp3) is 1.00. The van der Waals surface area contributed by atoms with Gasteiger partial charge in [0.25, 0.3) is 0 Å². The summed E-state index contributed by atoms with van der Waals surface area (Å²) in [5.41, 5.74) is 0. The van der Waals surface area contributed by atoms with Crippen molar-refractivity contribution in [2.45, 2.75) is 63.5 Å². The Labute approximate surface area is 109 Å². The Hall–Kier alpha value is 0.130. The Morgan fingerprint density at radius 3 is 1.41 bits per heavy atom. The second-order valence-corrected chi connectivity index (χ2v) is 7.12. The highest BCUT2D eigenvalue weighted by molar-refractivity contribution is 6.39. The van der Waals surface area contributed by atoms with E-state index in [1.807, 2.05) is 0 Å². The summed E-state index contributed by atoms with van der Waals surface area (Å²) in [7, 11) is 12.7. The van der Waals surface area contributed by atoms with Gasteiger partial charge in [-0.05, 0) is 55.3 Å². The van der Waals surface area contributed by atoms with Crippen LogP contribution >= 0.6 is 0 Å². The average Bonchev–Trinajstić information content (AvgIpc) is 2.63. The van der Waals surface area contributed by atoms with Crippen molar-refractivity contribution in [3.63, 3.8) is 0 Å². The molecule has 0 saturated heterocycles. The minimum atomic E-state index is -0.447. The van der Waals surface area contributed by atoms with Crippen LogP contribution in [0, 0.1) is 29.6 Å². The maximum Gasteiger partial charge on any atom is 0.0620 e. The molecule has 3 fully saturated rings. The third kappa shape index (κ3) is 2.00. The lowest BCUT2D eigenvalue weighted by molar-refractivity contribution is 0.184. The van der Waals surface area contributed by atoms with Crippen molar-refractivity contribution in [3.05, 3.63) is 0 Å². The minimum Gasteiger partial charge on any atom is -0.0984 e. The van der Waals surface area contributed by atoms with Gasteiger partial charge in [0.2, 0.25) is 0 Å². The van der Waals surface area contributed by atoms with Gasteiger partial charge in [0.05, 0.1) is 15.7 Å². The van der Waals surface area contributed by atoms with E-state index in [0.29, 0.717) is 5.92 Å². The van der Waals surface area contributed by atoms with Crippen LogP contribution in [0.4, 0.5) is 0 Å². The fourth-order valence-electron chi connectivity index (χ4n) is 5.57. The number of fused-ring (bicyclic) bond motifs is 3. The van der Waals surface area contributed by atoms with E-state index in [0.717, 1.165) is 23.7 Å². The first-order valence-corrected chi connectivity index (χ1v) is 7.67. The summed E-state index contributed by atoms with van der Waals surface area (Å²) in [4.78, 5) is 0. The van der Waals surface area contributed by atoms with Gasteiger partial charge >= 0.3 is 0 Å². The van der Waals surface area contributed by atoms with Gasteiger partial charge in [-0.3, -0.25) is 0 Å². The Morgan fingerprint density at radius 2 is 1.06 bits per heavy atom. The van der Waals surface area contributed by atoms with Crippen LogP contribution in [0.2, 0.25) is 5.21 Å². The molecule has 3 saturated carbocycles. The molecule has 0 amide bonds. The topological polar surface area (TPSA) is 0 Å². The SMILES string of the molecule is [B]C([B])(C)C1C2CCCCC2C2CCCCC21. The highest BCUT2D eigenvalue weighted by atomic mass is 14.6. The van der Waals surface area contributed by atoms with E-state index in [1.54, 1.807) is 0 Å². The Bertz CT molecular complexity index is 259. The van der Waals surface area contributed by atoms with E-state index >= 15 is 0 Å². The largest absolute Gasteiger partial charge is 0.0984 e. The summed E-state index contributed by atoms with van der Waals surface area (Å²) in [6.45, 7) is 2.07. The van der Waals surface area contributed by atoms with Crippen LogP contribution in [0.1, 0.15) is 58.3 Å². The van der Waals surface area contributed by atoms with Gasteiger partial charge in [-0.1, -0.05) is 37.8 Å². The van der Waals surface area contributed by atoms with E-state index in [9.17, 15) is 0 Å². The molecule has 90 valence electrons. The van der Waals surface area contributed by atoms with Crippen molar-refractivity contribution in [2.24, 2.45) is 29.6 Å². The second-order valence-electron chi connectivity index (χ2n) is 7.12. The molecule has 2 heteroatoms. The van der Waals surface area contributed by atoms with Gasteiger partial charge in [-0.25, -0.2) is 0 Å². The van der Waals surface area contributed by atoms with Crippen molar-refractivity contribution < 1.29 is 0 Å². The van der Waals surface area contributed by atoms with Crippen LogP contribution in [0.25, 0.3) is 0 Å². The summed E-state index contributed by atoms with van der Waals surface area (Å²) in [5.74, 6) is 4.21. The maximum atomic E-state index is 6.33. The molecule has 0 spiro atoms. The quantitative estimate of drug-likeness (QED) is 0.598. The first-order chi connectivity index (χ1) is 8.09. The van der Waals surface area contributed by atoms with Gasteiger partial charge in [0.1, 0.15) is 0 Å². The lowest BCUT2D eigenvalue weighted by Crippen LogP contribution is -2.32. The summed E-state index contributed by atoms with van der Waals surface area (Å²) < 4.78 is 0. The van der Waals surface area contributed by atoms with E-state index in [1.165, 1.54) is 51.4 Å². The summed E-state index contributed by atoms with van der Waals surface area (Å²) in [6, 6.07) is 0. The van der Waals surface area contributed by atoms with Crippen molar-refractivity contribution in [1.29, 1.82) is 0 Å². The highest BCUT2D eigenvalue weighted by Gasteiger charge is 2.53. The lowest BCUT2D eigenvalue weighted by atomic mass is 9.45. The molecule has 4 unspecified atom stereocenters. The Balaban J connectivity index is 1.90. The van der Waals surface area contributed by atoms with Gasteiger partial charge < -0.3 is 0 Å². The molecule has 3 aliphatic rings. The standard InChI is InChI=1S/C15H24B2/c1-15(16,17)14-12-8-4-2-6-10(12)11-7-3-5-9-13(11)14/h10-14H,2-9H2,1H3. The molecule has 4 radical (unpaired) electrons. The number of hydrogen-bond acceptors (Lipinski definition) is 0. The summed E-state index contributed by atoms with van der Waals surface area (Å²) >= 11 is 0. The lowest BCUT2D eigenvalue weighted by Gasteiger charge is -2.40. The summed E-state index contributed by atoms with van der Waals surface area (Å²) in [5, 5.41) is -0.447.